The second-order valence-electron chi connectivity index (χ2n) is 3.21. The van der Waals surface area contributed by atoms with Gasteiger partial charge in [0.25, 0.3) is 5.69 Å². The summed E-state index contributed by atoms with van der Waals surface area (Å²) in [6.45, 7) is 2.99. The lowest BCUT2D eigenvalue weighted by atomic mass is 10.1. The number of nitro groups is 1. The number of carbonyl (C=O) groups is 1. The first-order chi connectivity index (χ1) is 6.93. The summed E-state index contributed by atoms with van der Waals surface area (Å²) in [7, 11) is 0. The van der Waals surface area contributed by atoms with Gasteiger partial charge >= 0.3 is 5.97 Å². The Morgan fingerprint density at radius 1 is 1.67 bits per heavy atom. The lowest BCUT2D eigenvalue weighted by Crippen LogP contribution is -2.10. The van der Waals surface area contributed by atoms with Gasteiger partial charge in [-0.2, -0.15) is 0 Å². The van der Waals surface area contributed by atoms with E-state index in [0.29, 0.717) is 5.56 Å². The van der Waals surface area contributed by atoms with Crippen LogP contribution < -0.4 is 0 Å². The summed E-state index contributed by atoms with van der Waals surface area (Å²) in [6.07, 6.45) is 1.31. The molecule has 0 aromatic carbocycles. The number of pyridine rings is 1. The number of aromatic nitrogens is 1. The van der Waals surface area contributed by atoms with Crippen LogP contribution in [0.3, 0.4) is 0 Å². The van der Waals surface area contributed by atoms with Crippen molar-refractivity contribution in [3.05, 3.63) is 33.6 Å². The Morgan fingerprint density at radius 3 is 2.73 bits per heavy atom. The summed E-state index contributed by atoms with van der Waals surface area (Å²) in [4.78, 5) is 24.6. The predicted molar refractivity (Wildman–Crippen MR) is 51.7 cm³/mol. The number of rotatable bonds is 3. The molecule has 1 aromatic heterocycles. The first kappa shape index (κ1) is 11.1. The first-order valence-electron chi connectivity index (χ1n) is 4.27. The largest absolute Gasteiger partial charge is 0.481 e. The number of aliphatic carboxylic acids is 1. The van der Waals surface area contributed by atoms with E-state index in [4.69, 9.17) is 5.11 Å². The average Bonchev–Trinajstić information content (AvgIpc) is 2.16. The van der Waals surface area contributed by atoms with Gasteiger partial charge in [0, 0.05) is 17.8 Å². The summed E-state index contributed by atoms with van der Waals surface area (Å²) in [6, 6.07) is 1.20. The average molecular weight is 210 g/mol. The molecule has 80 valence electrons. The fraction of sp³-hybridized carbons (Fsp3) is 0.333. The summed E-state index contributed by atoms with van der Waals surface area (Å²) in [5.74, 6) is -1.90. The van der Waals surface area contributed by atoms with Crippen molar-refractivity contribution >= 4 is 11.7 Å². The minimum absolute atomic E-state index is 0.104. The van der Waals surface area contributed by atoms with Gasteiger partial charge in [-0.3, -0.25) is 19.9 Å². The van der Waals surface area contributed by atoms with Crippen LogP contribution in [-0.4, -0.2) is 21.0 Å². The van der Waals surface area contributed by atoms with E-state index in [9.17, 15) is 14.9 Å². The maximum atomic E-state index is 10.7. The molecule has 0 bridgehead atoms. The summed E-state index contributed by atoms with van der Waals surface area (Å²) < 4.78 is 0. The van der Waals surface area contributed by atoms with E-state index in [1.165, 1.54) is 19.2 Å². The molecule has 0 saturated carbocycles. The summed E-state index contributed by atoms with van der Waals surface area (Å²) >= 11 is 0. The Balaban J connectivity index is 3.18. The van der Waals surface area contributed by atoms with Crippen molar-refractivity contribution in [2.45, 2.75) is 19.8 Å². The van der Waals surface area contributed by atoms with E-state index in [2.05, 4.69) is 4.98 Å². The van der Waals surface area contributed by atoms with Gasteiger partial charge in [-0.05, 0) is 13.8 Å². The molecule has 0 saturated heterocycles. The highest BCUT2D eigenvalue weighted by Gasteiger charge is 2.19. The molecule has 6 nitrogen and oxygen atoms in total. The van der Waals surface area contributed by atoms with Crippen molar-refractivity contribution in [2.24, 2.45) is 0 Å². The molecule has 1 aromatic rings. The van der Waals surface area contributed by atoms with Crippen LogP contribution in [0.25, 0.3) is 0 Å². The summed E-state index contributed by atoms with van der Waals surface area (Å²) in [5, 5.41) is 19.3. The molecule has 0 spiro atoms. The number of hydrogen-bond acceptors (Lipinski definition) is 4. The maximum Gasteiger partial charge on any atom is 0.312 e. The zero-order valence-electron chi connectivity index (χ0n) is 8.30. The van der Waals surface area contributed by atoms with Crippen LogP contribution in [0.1, 0.15) is 24.1 Å². The van der Waals surface area contributed by atoms with Crippen LogP contribution in [0.15, 0.2) is 12.3 Å². The maximum absolute atomic E-state index is 10.7. The highest BCUT2D eigenvalue weighted by molar-refractivity contribution is 5.75. The molecule has 6 heteroatoms. The predicted octanol–water partition coefficient (Wildman–Crippen LogP) is 1.49. The van der Waals surface area contributed by atoms with Crippen LogP contribution in [0.2, 0.25) is 0 Å². The van der Waals surface area contributed by atoms with E-state index in [-0.39, 0.29) is 11.4 Å². The van der Waals surface area contributed by atoms with Crippen molar-refractivity contribution < 1.29 is 14.8 Å². The zero-order valence-corrected chi connectivity index (χ0v) is 8.30. The lowest BCUT2D eigenvalue weighted by Gasteiger charge is -2.05. The van der Waals surface area contributed by atoms with Crippen LogP contribution >= 0.6 is 0 Å². The highest BCUT2D eigenvalue weighted by atomic mass is 16.6. The van der Waals surface area contributed by atoms with Gasteiger partial charge in [-0.15, -0.1) is 0 Å². The van der Waals surface area contributed by atoms with Gasteiger partial charge in [-0.1, -0.05) is 0 Å². The Hall–Kier alpha value is -1.98. The van der Waals surface area contributed by atoms with E-state index in [0.717, 1.165) is 0 Å². The van der Waals surface area contributed by atoms with Crippen LogP contribution in [-0.2, 0) is 4.79 Å². The minimum atomic E-state index is -1.05. The molecule has 0 aliphatic rings. The monoisotopic (exact) mass is 210 g/mol. The number of carboxylic acid groups (broad SMARTS) is 1. The topological polar surface area (TPSA) is 93.3 Å². The van der Waals surface area contributed by atoms with Crippen LogP contribution in [0, 0.1) is 17.0 Å². The van der Waals surface area contributed by atoms with Gasteiger partial charge in [0.2, 0.25) is 0 Å². The third kappa shape index (κ3) is 2.28. The molecule has 1 N–H and O–H groups in total. The molecule has 0 aliphatic heterocycles. The molecule has 0 amide bonds. The van der Waals surface area contributed by atoms with Gasteiger partial charge in [-0.25, -0.2) is 0 Å². The van der Waals surface area contributed by atoms with Crippen molar-refractivity contribution in [2.75, 3.05) is 0 Å². The molecular weight excluding hydrogens is 200 g/mol. The van der Waals surface area contributed by atoms with Gasteiger partial charge in [0.1, 0.15) is 0 Å². The number of aryl methyl sites for hydroxylation is 1. The molecule has 1 unspecified atom stereocenters. The van der Waals surface area contributed by atoms with Crippen LogP contribution in [0.4, 0.5) is 5.69 Å². The quantitative estimate of drug-likeness (QED) is 0.602. The number of nitrogens with zero attached hydrogens (tertiary/aromatic N) is 2. The molecule has 1 atom stereocenters. The highest BCUT2D eigenvalue weighted by Crippen LogP contribution is 2.21. The zero-order chi connectivity index (χ0) is 11.6. The molecule has 0 aliphatic carbocycles. The lowest BCUT2D eigenvalue weighted by molar-refractivity contribution is -0.385. The van der Waals surface area contributed by atoms with Gasteiger partial charge in [0.15, 0.2) is 0 Å². The standard InChI is InChI=1S/C9H10N2O4/c1-5-4-10-7(6(2)9(12)13)3-8(5)11(14)15/h3-4,6H,1-2H3,(H,12,13). The minimum Gasteiger partial charge on any atom is -0.481 e. The van der Waals surface area contributed by atoms with E-state index < -0.39 is 16.8 Å². The number of carboxylic acids is 1. The molecule has 0 radical (unpaired) electrons. The molecular formula is C9H10N2O4. The molecule has 0 fully saturated rings. The smallest absolute Gasteiger partial charge is 0.312 e. The van der Waals surface area contributed by atoms with Gasteiger partial charge < -0.3 is 5.11 Å². The van der Waals surface area contributed by atoms with Crippen molar-refractivity contribution in [3.63, 3.8) is 0 Å². The van der Waals surface area contributed by atoms with Crippen molar-refractivity contribution in [1.29, 1.82) is 0 Å². The first-order valence-corrected chi connectivity index (χ1v) is 4.27. The fourth-order valence-corrected chi connectivity index (χ4v) is 1.09. The Kier molecular flexibility index (Phi) is 2.99. The van der Waals surface area contributed by atoms with Crippen molar-refractivity contribution in [3.8, 4) is 0 Å². The molecule has 15 heavy (non-hydrogen) atoms. The Morgan fingerprint density at radius 2 is 2.27 bits per heavy atom. The third-order valence-electron chi connectivity index (χ3n) is 2.11. The third-order valence-corrected chi connectivity index (χ3v) is 2.11. The second kappa shape index (κ2) is 4.04. The number of hydrogen-bond donors (Lipinski definition) is 1. The van der Waals surface area contributed by atoms with E-state index in [1.54, 1.807) is 6.92 Å². The second-order valence-corrected chi connectivity index (χ2v) is 3.21. The SMILES string of the molecule is Cc1cnc(C(C)C(=O)O)cc1[N+](=O)[O-]. The molecule has 1 rings (SSSR count). The Bertz CT molecular complexity index is 417. The Labute approximate surface area is 85.7 Å². The van der Waals surface area contributed by atoms with Crippen LogP contribution in [0.5, 0.6) is 0 Å². The van der Waals surface area contributed by atoms with Gasteiger partial charge in [0.05, 0.1) is 16.5 Å². The van der Waals surface area contributed by atoms with E-state index >= 15 is 0 Å². The van der Waals surface area contributed by atoms with Crippen molar-refractivity contribution in [1.82, 2.24) is 4.98 Å². The molecule has 1 heterocycles. The normalized spacial score (nSPS) is 12.1. The fourth-order valence-electron chi connectivity index (χ4n) is 1.09. The van der Waals surface area contributed by atoms with E-state index in [1.807, 2.05) is 0 Å². The summed E-state index contributed by atoms with van der Waals surface area (Å²) in [5.41, 5.74) is 0.509.